The molecule has 1 heterocycles. The van der Waals surface area contributed by atoms with Crippen LogP contribution in [0.4, 0.5) is 5.69 Å². The standard InChI is InChI=1S/C23H22N2O2/c26-22(14-19-9-6-8-18-7-4-5-12-21(18)19)24-15-17-13-23(27)25(16-17)20-10-2-1-3-11-20/h1-12,17H,13-16H2,(H,24,26). The van der Waals surface area contributed by atoms with Crippen molar-refractivity contribution in [1.29, 1.82) is 0 Å². The number of amides is 2. The predicted octanol–water partition coefficient (Wildman–Crippen LogP) is 3.55. The molecule has 1 aliphatic rings. The maximum absolute atomic E-state index is 12.4. The van der Waals surface area contributed by atoms with Crippen molar-refractivity contribution < 1.29 is 9.59 Å². The molecule has 4 rings (SSSR count). The molecule has 4 heteroatoms. The van der Waals surface area contributed by atoms with Crippen LogP contribution in [0.25, 0.3) is 10.8 Å². The number of nitrogens with zero attached hydrogens (tertiary/aromatic N) is 1. The molecule has 0 spiro atoms. The van der Waals surface area contributed by atoms with E-state index in [0.29, 0.717) is 25.9 Å². The predicted molar refractivity (Wildman–Crippen MR) is 108 cm³/mol. The zero-order valence-corrected chi connectivity index (χ0v) is 15.1. The van der Waals surface area contributed by atoms with Gasteiger partial charge in [-0.1, -0.05) is 60.7 Å². The number of carbonyl (C=O) groups excluding carboxylic acids is 2. The highest BCUT2D eigenvalue weighted by Crippen LogP contribution is 2.24. The maximum Gasteiger partial charge on any atom is 0.227 e. The summed E-state index contributed by atoms with van der Waals surface area (Å²) in [6, 6.07) is 23.8. The highest BCUT2D eigenvalue weighted by molar-refractivity contribution is 5.96. The van der Waals surface area contributed by atoms with Crippen LogP contribution in [0.5, 0.6) is 0 Å². The Morgan fingerprint density at radius 2 is 1.70 bits per heavy atom. The minimum absolute atomic E-state index is 0.00281. The molecule has 0 bridgehead atoms. The molecule has 1 atom stereocenters. The lowest BCUT2D eigenvalue weighted by molar-refractivity contribution is -0.121. The van der Waals surface area contributed by atoms with Crippen molar-refractivity contribution in [2.45, 2.75) is 12.8 Å². The number of para-hydroxylation sites is 1. The van der Waals surface area contributed by atoms with Gasteiger partial charge in [0.1, 0.15) is 0 Å². The zero-order chi connectivity index (χ0) is 18.6. The first kappa shape index (κ1) is 17.3. The van der Waals surface area contributed by atoms with Gasteiger partial charge >= 0.3 is 0 Å². The van der Waals surface area contributed by atoms with Crippen LogP contribution in [-0.4, -0.2) is 24.9 Å². The third-order valence-corrected chi connectivity index (χ3v) is 5.09. The first-order valence-electron chi connectivity index (χ1n) is 9.29. The van der Waals surface area contributed by atoms with Gasteiger partial charge in [0.05, 0.1) is 6.42 Å². The van der Waals surface area contributed by atoms with Gasteiger partial charge in [-0.3, -0.25) is 9.59 Å². The molecule has 0 radical (unpaired) electrons. The lowest BCUT2D eigenvalue weighted by Gasteiger charge is -2.17. The van der Waals surface area contributed by atoms with Crippen molar-refractivity contribution in [1.82, 2.24) is 5.32 Å². The molecule has 4 nitrogen and oxygen atoms in total. The molecule has 1 unspecified atom stereocenters. The molecule has 2 amide bonds. The highest BCUT2D eigenvalue weighted by Gasteiger charge is 2.30. The Kier molecular flexibility index (Phi) is 4.88. The van der Waals surface area contributed by atoms with Crippen LogP contribution >= 0.6 is 0 Å². The second kappa shape index (κ2) is 7.62. The van der Waals surface area contributed by atoms with E-state index in [1.54, 1.807) is 0 Å². The number of fused-ring (bicyclic) bond motifs is 1. The Hall–Kier alpha value is -3.14. The third-order valence-electron chi connectivity index (χ3n) is 5.09. The zero-order valence-electron chi connectivity index (χ0n) is 15.1. The Morgan fingerprint density at radius 1 is 0.963 bits per heavy atom. The normalized spacial score (nSPS) is 16.7. The number of hydrogen-bond donors (Lipinski definition) is 1. The van der Waals surface area contributed by atoms with E-state index in [2.05, 4.69) is 17.4 Å². The maximum atomic E-state index is 12.4. The number of benzene rings is 3. The SMILES string of the molecule is O=C(Cc1cccc2ccccc12)NCC1CC(=O)N(c2ccccc2)C1. The first-order chi connectivity index (χ1) is 13.2. The van der Waals surface area contributed by atoms with Crippen molar-refractivity contribution in [3.8, 4) is 0 Å². The summed E-state index contributed by atoms with van der Waals surface area (Å²) in [6.45, 7) is 1.18. The summed E-state index contributed by atoms with van der Waals surface area (Å²) in [7, 11) is 0. The molecular weight excluding hydrogens is 336 g/mol. The van der Waals surface area contributed by atoms with E-state index in [4.69, 9.17) is 0 Å². The third kappa shape index (κ3) is 3.85. The van der Waals surface area contributed by atoms with Crippen LogP contribution < -0.4 is 10.2 Å². The molecule has 136 valence electrons. The summed E-state index contributed by atoms with van der Waals surface area (Å²) in [5.74, 6) is 0.264. The molecule has 27 heavy (non-hydrogen) atoms. The lowest BCUT2D eigenvalue weighted by atomic mass is 10.0. The Bertz CT molecular complexity index is 963. The van der Waals surface area contributed by atoms with Gasteiger partial charge in [-0.05, 0) is 28.5 Å². The number of rotatable bonds is 5. The van der Waals surface area contributed by atoms with Crippen molar-refractivity contribution in [2.24, 2.45) is 5.92 Å². The van der Waals surface area contributed by atoms with Gasteiger partial charge in [0.2, 0.25) is 11.8 Å². The molecule has 0 saturated carbocycles. The van der Waals surface area contributed by atoms with Gasteiger partial charge in [0.25, 0.3) is 0 Å². The smallest absolute Gasteiger partial charge is 0.227 e. The van der Waals surface area contributed by atoms with E-state index < -0.39 is 0 Å². The van der Waals surface area contributed by atoms with Gasteiger partial charge in [-0.2, -0.15) is 0 Å². The number of anilines is 1. The molecule has 1 fully saturated rings. The monoisotopic (exact) mass is 358 g/mol. The second-order valence-electron chi connectivity index (χ2n) is 7.03. The van der Waals surface area contributed by atoms with E-state index in [9.17, 15) is 9.59 Å². The van der Waals surface area contributed by atoms with Crippen molar-refractivity contribution >= 4 is 28.3 Å². The van der Waals surface area contributed by atoms with E-state index >= 15 is 0 Å². The van der Waals surface area contributed by atoms with Crippen molar-refractivity contribution in [2.75, 3.05) is 18.0 Å². The summed E-state index contributed by atoms with van der Waals surface area (Å²) >= 11 is 0. The fourth-order valence-corrected chi connectivity index (χ4v) is 3.72. The Labute approximate surface area is 158 Å². The molecule has 0 aliphatic carbocycles. The fraction of sp³-hybridized carbons (Fsp3) is 0.217. The average molecular weight is 358 g/mol. The van der Waals surface area contributed by atoms with Crippen molar-refractivity contribution in [3.63, 3.8) is 0 Å². The Morgan fingerprint density at radius 3 is 2.56 bits per heavy atom. The summed E-state index contributed by atoms with van der Waals surface area (Å²) in [4.78, 5) is 26.5. The van der Waals surface area contributed by atoms with Crippen molar-refractivity contribution in [3.05, 3.63) is 78.4 Å². The second-order valence-corrected chi connectivity index (χ2v) is 7.03. The fourth-order valence-electron chi connectivity index (χ4n) is 3.72. The summed E-state index contributed by atoms with van der Waals surface area (Å²) in [5, 5.41) is 5.27. The van der Waals surface area contributed by atoms with Crippen LogP contribution in [0.1, 0.15) is 12.0 Å². The largest absolute Gasteiger partial charge is 0.355 e. The molecular formula is C23H22N2O2. The van der Waals surface area contributed by atoms with Gasteiger partial charge in [0, 0.05) is 31.1 Å². The van der Waals surface area contributed by atoms with Crippen LogP contribution in [-0.2, 0) is 16.0 Å². The number of hydrogen-bond acceptors (Lipinski definition) is 2. The molecule has 1 saturated heterocycles. The summed E-state index contributed by atoms with van der Waals surface area (Å²) in [5.41, 5.74) is 1.95. The molecule has 0 aromatic heterocycles. The van der Waals surface area contributed by atoms with E-state index in [-0.39, 0.29) is 17.7 Å². The van der Waals surface area contributed by atoms with Crippen LogP contribution in [0.3, 0.4) is 0 Å². The van der Waals surface area contributed by atoms with Gasteiger partial charge in [-0.15, -0.1) is 0 Å². The molecule has 3 aromatic carbocycles. The average Bonchev–Trinajstić information content (AvgIpc) is 3.08. The quantitative estimate of drug-likeness (QED) is 0.758. The summed E-state index contributed by atoms with van der Waals surface area (Å²) < 4.78 is 0. The van der Waals surface area contributed by atoms with E-state index in [1.807, 2.05) is 65.6 Å². The molecule has 1 aliphatic heterocycles. The van der Waals surface area contributed by atoms with Gasteiger partial charge in [0.15, 0.2) is 0 Å². The number of carbonyl (C=O) groups is 2. The van der Waals surface area contributed by atoms with Crippen LogP contribution in [0, 0.1) is 5.92 Å². The van der Waals surface area contributed by atoms with E-state index in [1.165, 1.54) is 0 Å². The van der Waals surface area contributed by atoms with Crippen LogP contribution in [0.2, 0.25) is 0 Å². The lowest BCUT2D eigenvalue weighted by Crippen LogP contribution is -2.32. The summed E-state index contributed by atoms with van der Waals surface area (Å²) in [6.07, 6.45) is 0.827. The van der Waals surface area contributed by atoms with Crippen LogP contribution in [0.15, 0.2) is 72.8 Å². The highest BCUT2D eigenvalue weighted by atomic mass is 16.2. The molecule has 1 N–H and O–H groups in total. The Balaban J connectivity index is 1.35. The van der Waals surface area contributed by atoms with Gasteiger partial charge < -0.3 is 10.2 Å². The topological polar surface area (TPSA) is 49.4 Å². The first-order valence-corrected chi connectivity index (χ1v) is 9.29. The minimum Gasteiger partial charge on any atom is -0.355 e. The van der Waals surface area contributed by atoms with Gasteiger partial charge in [-0.25, -0.2) is 0 Å². The van der Waals surface area contributed by atoms with E-state index in [0.717, 1.165) is 22.0 Å². The minimum atomic E-state index is -0.00281. The molecule has 3 aromatic rings. The number of nitrogens with one attached hydrogen (secondary N) is 1.